The first kappa shape index (κ1) is 6.53. The molecule has 2 rings (SSSR count). The van der Waals surface area contributed by atoms with Crippen LogP contribution in [0.4, 0.5) is 5.69 Å². The smallest absolute Gasteiger partial charge is 0.159 e. The highest BCUT2D eigenvalue weighted by atomic mass is 16.5. The van der Waals surface area contributed by atoms with E-state index in [-0.39, 0.29) is 0 Å². The summed E-state index contributed by atoms with van der Waals surface area (Å²) in [6.07, 6.45) is 1.08. The largest absolute Gasteiger partial charge is 0.471 e. The van der Waals surface area contributed by atoms with Crippen LogP contribution in [0.1, 0.15) is 12.5 Å². The van der Waals surface area contributed by atoms with E-state index in [0.717, 1.165) is 17.9 Å². The summed E-state index contributed by atoms with van der Waals surface area (Å²) >= 11 is 0. The number of benzene rings is 1. The number of hydrogen-bond donors (Lipinski definition) is 1. The second-order valence-electron chi connectivity index (χ2n) is 2.65. The molecule has 0 bridgehead atoms. The van der Waals surface area contributed by atoms with E-state index in [1.165, 1.54) is 5.56 Å². The summed E-state index contributed by atoms with van der Waals surface area (Å²) in [5.41, 5.74) is 2.48. The van der Waals surface area contributed by atoms with Crippen molar-refractivity contribution in [3.05, 3.63) is 23.8 Å². The fraction of sp³-hybridized carbons (Fsp3) is 0.333. The second kappa shape index (κ2) is 2.46. The standard InChI is InChI=1S/C9H11NO/c1-2-7-3-4-9-8(5-7)10-6-11-9/h3-5,10H,2,6H2,1H3. The average molecular weight is 149 g/mol. The Kier molecular flexibility index (Phi) is 1.46. The molecule has 0 amide bonds. The molecule has 0 unspecified atom stereocenters. The normalized spacial score (nSPS) is 13.5. The van der Waals surface area contributed by atoms with Crippen molar-refractivity contribution < 1.29 is 4.74 Å². The molecule has 0 saturated heterocycles. The Labute approximate surface area is 66.2 Å². The van der Waals surface area contributed by atoms with E-state index in [0.29, 0.717) is 6.73 Å². The minimum atomic E-state index is 0.614. The molecule has 1 aromatic rings. The molecule has 1 heterocycles. The van der Waals surface area contributed by atoms with E-state index >= 15 is 0 Å². The van der Waals surface area contributed by atoms with Gasteiger partial charge in [-0.2, -0.15) is 0 Å². The summed E-state index contributed by atoms with van der Waals surface area (Å²) < 4.78 is 5.29. The Morgan fingerprint density at radius 3 is 3.27 bits per heavy atom. The summed E-state index contributed by atoms with van der Waals surface area (Å²) in [5, 5.41) is 3.15. The minimum absolute atomic E-state index is 0.614. The highest BCUT2D eigenvalue weighted by Crippen LogP contribution is 2.29. The molecule has 1 N–H and O–H groups in total. The van der Waals surface area contributed by atoms with Crippen LogP contribution >= 0.6 is 0 Å². The Morgan fingerprint density at radius 2 is 2.45 bits per heavy atom. The predicted molar refractivity (Wildman–Crippen MR) is 44.9 cm³/mol. The second-order valence-corrected chi connectivity index (χ2v) is 2.65. The number of aryl methyl sites for hydroxylation is 1. The third-order valence-corrected chi connectivity index (χ3v) is 1.94. The highest BCUT2D eigenvalue weighted by Gasteiger charge is 2.09. The summed E-state index contributed by atoms with van der Waals surface area (Å²) in [4.78, 5) is 0. The molecule has 0 spiro atoms. The Morgan fingerprint density at radius 1 is 1.55 bits per heavy atom. The maximum absolute atomic E-state index is 5.29. The van der Waals surface area contributed by atoms with Crippen molar-refractivity contribution in [3.63, 3.8) is 0 Å². The van der Waals surface area contributed by atoms with Crippen molar-refractivity contribution in [1.82, 2.24) is 0 Å². The topological polar surface area (TPSA) is 21.3 Å². The first-order valence-corrected chi connectivity index (χ1v) is 3.90. The molecule has 1 aromatic carbocycles. The lowest BCUT2D eigenvalue weighted by atomic mass is 10.1. The van der Waals surface area contributed by atoms with Gasteiger partial charge < -0.3 is 10.1 Å². The maximum atomic E-state index is 5.29. The third kappa shape index (κ3) is 1.04. The quantitative estimate of drug-likeness (QED) is 0.659. The van der Waals surface area contributed by atoms with Gasteiger partial charge in [0.1, 0.15) is 5.75 Å². The van der Waals surface area contributed by atoms with Gasteiger partial charge in [-0.25, -0.2) is 0 Å². The molecule has 11 heavy (non-hydrogen) atoms. The van der Waals surface area contributed by atoms with Gasteiger partial charge in [0, 0.05) is 0 Å². The molecular weight excluding hydrogens is 138 g/mol. The van der Waals surface area contributed by atoms with Crippen LogP contribution in [0, 0.1) is 0 Å². The maximum Gasteiger partial charge on any atom is 0.159 e. The first-order chi connectivity index (χ1) is 5.40. The van der Waals surface area contributed by atoms with Gasteiger partial charge in [0.05, 0.1) is 5.69 Å². The summed E-state index contributed by atoms with van der Waals surface area (Å²) in [7, 11) is 0. The summed E-state index contributed by atoms with van der Waals surface area (Å²) in [6.45, 7) is 2.76. The van der Waals surface area contributed by atoms with Crippen molar-refractivity contribution in [2.45, 2.75) is 13.3 Å². The number of anilines is 1. The van der Waals surface area contributed by atoms with Crippen molar-refractivity contribution >= 4 is 5.69 Å². The lowest BCUT2D eigenvalue weighted by molar-refractivity contribution is 0.372. The molecule has 1 aliphatic rings. The Bertz CT molecular complexity index is 270. The van der Waals surface area contributed by atoms with E-state index in [4.69, 9.17) is 4.74 Å². The van der Waals surface area contributed by atoms with Gasteiger partial charge in [-0.1, -0.05) is 13.0 Å². The Hall–Kier alpha value is -1.18. The molecule has 0 saturated carbocycles. The van der Waals surface area contributed by atoms with Crippen LogP contribution in [0.2, 0.25) is 0 Å². The molecule has 58 valence electrons. The third-order valence-electron chi connectivity index (χ3n) is 1.94. The molecule has 0 atom stereocenters. The van der Waals surface area contributed by atoms with Crippen LogP contribution in [0.5, 0.6) is 5.75 Å². The van der Waals surface area contributed by atoms with Crippen LogP contribution in [0.25, 0.3) is 0 Å². The predicted octanol–water partition coefficient (Wildman–Crippen LogP) is 2.01. The molecule has 2 nitrogen and oxygen atoms in total. The van der Waals surface area contributed by atoms with Crippen molar-refractivity contribution in [3.8, 4) is 5.75 Å². The van der Waals surface area contributed by atoms with Crippen LogP contribution in [-0.4, -0.2) is 6.73 Å². The molecule has 0 radical (unpaired) electrons. The van der Waals surface area contributed by atoms with Crippen molar-refractivity contribution in [1.29, 1.82) is 0 Å². The van der Waals surface area contributed by atoms with Gasteiger partial charge in [0.2, 0.25) is 0 Å². The van der Waals surface area contributed by atoms with E-state index in [2.05, 4.69) is 24.4 Å². The van der Waals surface area contributed by atoms with Gasteiger partial charge in [-0.05, 0) is 24.1 Å². The van der Waals surface area contributed by atoms with Crippen LogP contribution < -0.4 is 10.1 Å². The molecule has 0 fully saturated rings. The van der Waals surface area contributed by atoms with Crippen LogP contribution in [-0.2, 0) is 6.42 Å². The van der Waals surface area contributed by atoms with Gasteiger partial charge in [0.15, 0.2) is 6.73 Å². The fourth-order valence-electron chi connectivity index (χ4n) is 1.25. The van der Waals surface area contributed by atoms with Gasteiger partial charge in [-0.3, -0.25) is 0 Å². The van der Waals surface area contributed by atoms with Crippen molar-refractivity contribution in [2.24, 2.45) is 0 Å². The van der Waals surface area contributed by atoms with Crippen LogP contribution in [0.15, 0.2) is 18.2 Å². The molecule has 0 aliphatic carbocycles. The molecule has 1 aliphatic heterocycles. The summed E-state index contributed by atoms with van der Waals surface area (Å²) in [5.74, 6) is 0.974. The zero-order chi connectivity index (χ0) is 7.68. The number of ether oxygens (including phenoxy) is 1. The van der Waals surface area contributed by atoms with Gasteiger partial charge in [0.25, 0.3) is 0 Å². The van der Waals surface area contributed by atoms with E-state index < -0.39 is 0 Å². The van der Waals surface area contributed by atoms with Gasteiger partial charge in [-0.15, -0.1) is 0 Å². The Balaban J connectivity index is 2.41. The minimum Gasteiger partial charge on any atom is -0.471 e. The van der Waals surface area contributed by atoms with Crippen molar-refractivity contribution in [2.75, 3.05) is 12.0 Å². The number of fused-ring (bicyclic) bond motifs is 1. The highest BCUT2D eigenvalue weighted by molar-refractivity contribution is 5.60. The molecular formula is C9H11NO. The molecule has 2 heteroatoms. The number of rotatable bonds is 1. The van der Waals surface area contributed by atoms with E-state index in [9.17, 15) is 0 Å². The average Bonchev–Trinajstić information content (AvgIpc) is 2.50. The number of hydrogen-bond acceptors (Lipinski definition) is 2. The lowest BCUT2D eigenvalue weighted by Gasteiger charge is -1.99. The van der Waals surface area contributed by atoms with E-state index in [1.54, 1.807) is 0 Å². The summed E-state index contributed by atoms with van der Waals surface area (Å²) in [6, 6.07) is 6.27. The number of nitrogens with one attached hydrogen (secondary N) is 1. The lowest BCUT2D eigenvalue weighted by Crippen LogP contribution is -1.96. The molecule has 0 aromatic heterocycles. The zero-order valence-electron chi connectivity index (χ0n) is 6.55. The van der Waals surface area contributed by atoms with Gasteiger partial charge >= 0.3 is 0 Å². The first-order valence-electron chi connectivity index (χ1n) is 3.90. The zero-order valence-corrected chi connectivity index (χ0v) is 6.55. The fourth-order valence-corrected chi connectivity index (χ4v) is 1.25. The monoisotopic (exact) mass is 149 g/mol. The van der Waals surface area contributed by atoms with E-state index in [1.807, 2.05) is 6.07 Å². The SMILES string of the molecule is CCc1ccc2c(c1)NCO2. The van der Waals surface area contributed by atoms with Crippen LogP contribution in [0.3, 0.4) is 0 Å².